The summed E-state index contributed by atoms with van der Waals surface area (Å²) in [7, 11) is 1.67. The Morgan fingerprint density at radius 3 is 2.62 bits per heavy atom. The van der Waals surface area contributed by atoms with Gasteiger partial charge in [-0.05, 0) is 11.6 Å². The second-order valence-electron chi connectivity index (χ2n) is 3.39. The van der Waals surface area contributed by atoms with Crippen molar-refractivity contribution < 1.29 is 9.53 Å². The predicted octanol–water partition coefficient (Wildman–Crippen LogP) is 2.14. The van der Waals surface area contributed by atoms with Crippen LogP contribution in [0.3, 0.4) is 0 Å². The third-order valence-electron chi connectivity index (χ3n) is 2.53. The van der Waals surface area contributed by atoms with Crippen molar-refractivity contribution in [2.24, 2.45) is 0 Å². The molecule has 0 aliphatic heterocycles. The molecule has 1 aliphatic rings. The standard InChI is InChI=1S/C11H12O2/c1-13-11-5-3-2-4-10(11)8-6-9(12)7-8/h2-5,8H,6-7H2,1H3. The molecule has 2 heteroatoms. The van der Waals surface area contributed by atoms with Crippen molar-refractivity contribution >= 4 is 5.78 Å². The monoisotopic (exact) mass is 176 g/mol. The number of benzene rings is 1. The Morgan fingerprint density at radius 1 is 1.31 bits per heavy atom. The van der Waals surface area contributed by atoms with Crippen molar-refractivity contribution in [1.29, 1.82) is 0 Å². The van der Waals surface area contributed by atoms with Gasteiger partial charge < -0.3 is 4.74 Å². The van der Waals surface area contributed by atoms with E-state index in [4.69, 9.17) is 4.74 Å². The first-order valence-corrected chi connectivity index (χ1v) is 4.46. The van der Waals surface area contributed by atoms with E-state index in [-0.39, 0.29) is 0 Å². The number of ketones is 1. The van der Waals surface area contributed by atoms with E-state index in [0.717, 1.165) is 5.75 Å². The van der Waals surface area contributed by atoms with Crippen molar-refractivity contribution in [2.75, 3.05) is 7.11 Å². The van der Waals surface area contributed by atoms with Gasteiger partial charge in [-0.1, -0.05) is 18.2 Å². The predicted molar refractivity (Wildman–Crippen MR) is 50.0 cm³/mol. The van der Waals surface area contributed by atoms with E-state index in [1.54, 1.807) is 7.11 Å². The maximum Gasteiger partial charge on any atom is 0.134 e. The molecule has 1 aliphatic carbocycles. The molecular weight excluding hydrogens is 164 g/mol. The highest BCUT2D eigenvalue weighted by atomic mass is 16.5. The van der Waals surface area contributed by atoms with Gasteiger partial charge in [0.2, 0.25) is 0 Å². The smallest absolute Gasteiger partial charge is 0.134 e. The topological polar surface area (TPSA) is 26.3 Å². The number of hydrogen-bond acceptors (Lipinski definition) is 2. The van der Waals surface area contributed by atoms with E-state index in [2.05, 4.69) is 0 Å². The number of hydrogen-bond donors (Lipinski definition) is 0. The first kappa shape index (κ1) is 8.30. The fourth-order valence-electron chi connectivity index (χ4n) is 1.71. The SMILES string of the molecule is COc1ccccc1C1CC(=O)C1. The number of methoxy groups -OCH3 is 1. The van der Waals surface area contributed by atoms with Crippen molar-refractivity contribution in [3.63, 3.8) is 0 Å². The lowest BCUT2D eigenvalue weighted by Gasteiger charge is -2.25. The van der Waals surface area contributed by atoms with Gasteiger partial charge in [-0.3, -0.25) is 4.79 Å². The minimum Gasteiger partial charge on any atom is -0.496 e. The summed E-state index contributed by atoms with van der Waals surface area (Å²) in [6.45, 7) is 0. The van der Waals surface area contributed by atoms with E-state index >= 15 is 0 Å². The largest absolute Gasteiger partial charge is 0.496 e. The number of rotatable bonds is 2. The molecule has 0 atom stereocenters. The van der Waals surface area contributed by atoms with Gasteiger partial charge in [0.1, 0.15) is 11.5 Å². The Balaban J connectivity index is 2.24. The summed E-state index contributed by atoms with van der Waals surface area (Å²) in [4.78, 5) is 10.8. The van der Waals surface area contributed by atoms with Crippen LogP contribution in [0.4, 0.5) is 0 Å². The molecule has 0 aromatic heterocycles. The van der Waals surface area contributed by atoms with Crippen LogP contribution < -0.4 is 4.74 Å². The molecule has 13 heavy (non-hydrogen) atoms. The van der Waals surface area contributed by atoms with Gasteiger partial charge in [-0.2, -0.15) is 0 Å². The molecule has 0 N–H and O–H groups in total. The maximum atomic E-state index is 10.8. The molecule has 1 saturated carbocycles. The molecule has 0 amide bonds. The molecule has 0 saturated heterocycles. The second kappa shape index (κ2) is 3.21. The van der Waals surface area contributed by atoms with Gasteiger partial charge in [0.15, 0.2) is 0 Å². The van der Waals surface area contributed by atoms with Crippen LogP contribution in [-0.2, 0) is 4.79 Å². The lowest BCUT2D eigenvalue weighted by atomic mass is 9.78. The number of carbonyl (C=O) groups excluding carboxylic acids is 1. The molecule has 1 aromatic rings. The highest BCUT2D eigenvalue weighted by molar-refractivity contribution is 5.86. The van der Waals surface area contributed by atoms with Crippen LogP contribution in [0.1, 0.15) is 24.3 Å². The molecule has 0 spiro atoms. The van der Waals surface area contributed by atoms with Crippen LogP contribution in [0, 0.1) is 0 Å². The Labute approximate surface area is 77.5 Å². The number of ether oxygens (including phenoxy) is 1. The minimum atomic E-state index is 0.357. The Hall–Kier alpha value is -1.31. The normalized spacial score (nSPS) is 16.8. The summed E-state index contributed by atoms with van der Waals surface area (Å²) in [6.07, 6.45) is 1.36. The Bertz CT molecular complexity index is 323. The van der Waals surface area contributed by atoms with Crippen LogP contribution in [0.25, 0.3) is 0 Å². The second-order valence-corrected chi connectivity index (χ2v) is 3.39. The summed E-state index contributed by atoms with van der Waals surface area (Å²) in [6, 6.07) is 7.91. The lowest BCUT2D eigenvalue weighted by molar-refractivity contribution is -0.124. The number of Topliss-reactive ketones (excluding diaryl/α,β-unsaturated/α-hetero) is 1. The van der Waals surface area contributed by atoms with E-state index < -0.39 is 0 Å². The van der Waals surface area contributed by atoms with Crippen LogP contribution in [0.15, 0.2) is 24.3 Å². The Kier molecular flexibility index (Phi) is 2.05. The van der Waals surface area contributed by atoms with Gasteiger partial charge in [-0.15, -0.1) is 0 Å². The van der Waals surface area contributed by atoms with E-state index in [1.807, 2.05) is 24.3 Å². The van der Waals surface area contributed by atoms with Gasteiger partial charge in [0, 0.05) is 18.8 Å². The van der Waals surface area contributed by atoms with Crippen molar-refractivity contribution in [3.05, 3.63) is 29.8 Å². The molecule has 0 bridgehead atoms. The molecule has 0 radical (unpaired) electrons. The van der Waals surface area contributed by atoms with Gasteiger partial charge in [0.25, 0.3) is 0 Å². The third kappa shape index (κ3) is 1.44. The summed E-state index contributed by atoms with van der Waals surface area (Å²) in [5.74, 6) is 1.65. The average Bonchev–Trinajstić information content (AvgIpc) is 2.13. The fraction of sp³-hybridized carbons (Fsp3) is 0.364. The minimum absolute atomic E-state index is 0.357. The fourth-order valence-corrected chi connectivity index (χ4v) is 1.71. The summed E-state index contributed by atoms with van der Waals surface area (Å²) in [5.41, 5.74) is 1.17. The quantitative estimate of drug-likeness (QED) is 0.690. The van der Waals surface area contributed by atoms with Crippen molar-refractivity contribution in [1.82, 2.24) is 0 Å². The third-order valence-corrected chi connectivity index (χ3v) is 2.53. The average molecular weight is 176 g/mol. The molecule has 1 aromatic carbocycles. The molecular formula is C11H12O2. The van der Waals surface area contributed by atoms with Crippen molar-refractivity contribution in [3.8, 4) is 5.75 Å². The summed E-state index contributed by atoms with van der Waals surface area (Å²) in [5, 5.41) is 0. The van der Waals surface area contributed by atoms with E-state index in [1.165, 1.54) is 5.56 Å². The van der Waals surface area contributed by atoms with E-state index in [9.17, 15) is 4.79 Å². The van der Waals surface area contributed by atoms with Gasteiger partial charge in [0.05, 0.1) is 7.11 Å². The lowest BCUT2D eigenvalue weighted by Crippen LogP contribution is -2.21. The van der Waals surface area contributed by atoms with Gasteiger partial charge in [-0.25, -0.2) is 0 Å². The maximum absolute atomic E-state index is 10.8. The molecule has 2 nitrogen and oxygen atoms in total. The zero-order chi connectivity index (χ0) is 9.26. The first-order chi connectivity index (χ1) is 6.31. The van der Waals surface area contributed by atoms with Crippen LogP contribution in [0.2, 0.25) is 0 Å². The summed E-state index contributed by atoms with van der Waals surface area (Å²) < 4.78 is 5.23. The molecule has 0 heterocycles. The Morgan fingerprint density at radius 2 is 2.00 bits per heavy atom. The van der Waals surface area contributed by atoms with Gasteiger partial charge >= 0.3 is 0 Å². The number of carbonyl (C=O) groups is 1. The zero-order valence-electron chi connectivity index (χ0n) is 7.62. The first-order valence-electron chi connectivity index (χ1n) is 4.46. The van der Waals surface area contributed by atoms with Crippen molar-refractivity contribution in [2.45, 2.75) is 18.8 Å². The molecule has 0 unspecified atom stereocenters. The van der Waals surface area contributed by atoms with E-state index in [0.29, 0.717) is 24.5 Å². The molecule has 2 rings (SSSR count). The summed E-state index contributed by atoms with van der Waals surface area (Å²) >= 11 is 0. The highest BCUT2D eigenvalue weighted by Gasteiger charge is 2.29. The molecule has 1 fully saturated rings. The van der Waals surface area contributed by atoms with Crippen LogP contribution in [0.5, 0.6) is 5.75 Å². The zero-order valence-corrected chi connectivity index (χ0v) is 7.62. The van der Waals surface area contributed by atoms with Crippen LogP contribution in [-0.4, -0.2) is 12.9 Å². The molecule has 68 valence electrons. The number of para-hydroxylation sites is 1. The highest BCUT2D eigenvalue weighted by Crippen LogP contribution is 2.38. The van der Waals surface area contributed by atoms with Crippen LogP contribution >= 0.6 is 0 Å².